The molecule has 2 aliphatic rings. The van der Waals surface area contributed by atoms with E-state index < -0.39 is 5.91 Å². The Morgan fingerprint density at radius 3 is 2.46 bits per heavy atom. The molecule has 2 aliphatic heterocycles. The number of rotatable bonds is 5. The van der Waals surface area contributed by atoms with Crippen LogP contribution in [0.4, 0.5) is 17.5 Å². The van der Waals surface area contributed by atoms with Crippen LogP contribution < -0.4 is 21.3 Å². The highest BCUT2D eigenvalue weighted by molar-refractivity contribution is 5.96. The van der Waals surface area contributed by atoms with E-state index in [0.29, 0.717) is 17.7 Å². The van der Waals surface area contributed by atoms with E-state index in [1.54, 1.807) is 0 Å². The average Bonchev–Trinajstić information content (AvgIpc) is 2.75. The standard InChI is InChI=1S/C20H27N7O/c21-18(28)17-19(24-20(26-25-17)27-12-2-1-3-13-27)23-16-6-4-14(5-7-16)15-8-10-22-11-9-15/h4-7,15,22H,1-3,8-13H2,(H2,21,28)(H,23,24,26). The second kappa shape index (κ2) is 8.52. The smallest absolute Gasteiger partial charge is 0.273 e. The normalized spacial score (nSPS) is 18.1. The maximum absolute atomic E-state index is 11.8. The predicted molar refractivity (Wildman–Crippen MR) is 109 cm³/mol. The molecule has 4 rings (SSSR count). The molecular formula is C20H27N7O. The van der Waals surface area contributed by atoms with Crippen molar-refractivity contribution in [1.82, 2.24) is 20.5 Å². The van der Waals surface area contributed by atoms with E-state index in [2.05, 4.69) is 42.8 Å². The average molecular weight is 381 g/mol. The van der Waals surface area contributed by atoms with Crippen molar-refractivity contribution in [3.8, 4) is 0 Å². The number of carbonyl (C=O) groups is 1. The summed E-state index contributed by atoms with van der Waals surface area (Å²) in [5.41, 5.74) is 7.73. The summed E-state index contributed by atoms with van der Waals surface area (Å²) in [7, 11) is 0. The molecule has 3 heterocycles. The molecule has 0 unspecified atom stereocenters. The number of anilines is 3. The Morgan fingerprint density at radius 2 is 1.79 bits per heavy atom. The van der Waals surface area contributed by atoms with Gasteiger partial charge in [-0.25, -0.2) is 0 Å². The van der Waals surface area contributed by atoms with Crippen LogP contribution >= 0.6 is 0 Å². The summed E-state index contributed by atoms with van der Waals surface area (Å²) in [6, 6.07) is 8.32. The van der Waals surface area contributed by atoms with Crippen LogP contribution in [0.2, 0.25) is 0 Å². The third-order valence-corrected chi connectivity index (χ3v) is 5.53. The van der Waals surface area contributed by atoms with Crippen LogP contribution in [-0.4, -0.2) is 47.3 Å². The van der Waals surface area contributed by atoms with E-state index in [9.17, 15) is 4.79 Å². The Kier molecular flexibility index (Phi) is 5.66. The molecule has 0 atom stereocenters. The number of carbonyl (C=O) groups excluding carboxylic acids is 1. The minimum absolute atomic E-state index is 0.0585. The number of nitrogens with zero attached hydrogens (tertiary/aromatic N) is 4. The lowest BCUT2D eigenvalue weighted by Gasteiger charge is -2.26. The molecule has 1 aromatic heterocycles. The number of nitrogens with one attached hydrogen (secondary N) is 2. The zero-order valence-electron chi connectivity index (χ0n) is 16.0. The molecule has 0 saturated carbocycles. The van der Waals surface area contributed by atoms with Crippen molar-refractivity contribution < 1.29 is 4.79 Å². The summed E-state index contributed by atoms with van der Waals surface area (Å²) in [5, 5.41) is 14.8. The van der Waals surface area contributed by atoms with E-state index >= 15 is 0 Å². The van der Waals surface area contributed by atoms with Gasteiger partial charge in [0.05, 0.1) is 0 Å². The van der Waals surface area contributed by atoms with Crippen LogP contribution in [-0.2, 0) is 0 Å². The Bertz CT molecular complexity index is 812. The number of amides is 1. The van der Waals surface area contributed by atoms with Crippen LogP contribution in [0.5, 0.6) is 0 Å². The Labute approximate surface area is 164 Å². The maximum Gasteiger partial charge on any atom is 0.273 e. The molecule has 0 aliphatic carbocycles. The van der Waals surface area contributed by atoms with Crippen LogP contribution in [0, 0.1) is 0 Å². The lowest BCUT2D eigenvalue weighted by atomic mass is 9.90. The SMILES string of the molecule is NC(=O)c1nnc(N2CCCCC2)nc1Nc1ccc(C2CCNCC2)cc1. The number of primary amides is 1. The monoisotopic (exact) mass is 381 g/mol. The van der Waals surface area contributed by atoms with Crippen LogP contribution in [0.25, 0.3) is 0 Å². The number of hydrogen-bond donors (Lipinski definition) is 3. The first-order valence-corrected chi connectivity index (χ1v) is 10.1. The zero-order valence-corrected chi connectivity index (χ0v) is 16.0. The van der Waals surface area contributed by atoms with Crippen LogP contribution in [0.15, 0.2) is 24.3 Å². The van der Waals surface area contributed by atoms with Crippen molar-refractivity contribution in [3.63, 3.8) is 0 Å². The predicted octanol–water partition coefficient (Wildman–Crippen LogP) is 2.17. The van der Waals surface area contributed by atoms with Crippen molar-refractivity contribution in [3.05, 3.63) is 35.5 Å². The minimum atomic E-state index is -0.640. The Hall–Kier alpha value is -2.74. The van der Waals surface area contributed by atoms with Crippen LogP contribution in [0.3, 0.4) is 0 Å². The number of aromatic nitrogens is 3. The molecule has 2 saturated heterocycles. The molecule has 1 aromatic carbocycles. The number of nitrogens with two attached hydrogens (primary N) is 1. The van der Waals surface area contributed by atoms with Gasteiger partial charge in [-0.05, 0) is 68.8 Å². The van der Waals surface area contributed by atoms with Gasteiger partial charge in [-0.1, -0.05) is 12.1 Å². The van der Waals surface area contributed by atoms with Crippen molar-refractivity contribution in [1.29, 1.82) is 0 Å². The fraction of sp³-hybridized carbons (Fsp3) is 0.500. The number of benzene rings is 1. The maximum atomic E-state index is 11.8. The minimum Gasteiger partial charge on any atom is -0.364 e. The third-order valence-electron chi connectivity index (χ3n) is 5.53. The summed E-state index contributed by atoms with van der Waals surface area (Å²) in [6.07, 6.45) is 5.77. The third kappa shape index (κ3) is 4.22. The van der Waals surface area contributed by atoms with E-state index in [-0.39, 0.29) is 5.69 Å². The molecule has 0 spiro atoms. The highest BCUT2D eigenvalue weighted by Gasteiger charge is 2.20. The van der Waals surface area contributed by atoms with Gasteiger partial charge in [0.25, 0.3) is 5.91 Å². The first-order valence-electron chi connectivity index (χ1n) is 10.1. The molecule has 8 heteroatoms. The first-order chi connectivity index (χ1) is 13.7. The molecule has 8 nitrogen and oxygen atoms in total. The van der Waals surface area contributed by atoms with Gasteiger partial charge in [0.1, 0.15) is 0 Å². The summed E-state index contributed by atoms with van der Waals surface area (Å²) >= 11 is 0. The van der Waals surface area contributed by atoms with E-state index in [4.69, 9.17) is 5.73 Å². The molecular weight excluding hydrogens is 354 g/mol. The zero-order chi connectivity index (χ0) is 19.3. The van der Waals surface area contributed by atoms with Gasteiger partial charge in [-0.3, -0.25) is 4.79 Å². The van der Waals surface area contributed by atoms with Crippen molar-refractivity contribution in [2.24, 2.45) is 5.73 Å². The fourth-order valence-electron chi connectivity index (χ4n) is 3.93. The summed E-state index contributed by atoms with van der Waals surface area (Å²) < 4.78 is 0. The number of hydrogen-bond acceptors (Lipinski definition) is 7. The van der Waals surface area contributed by atoms with E-state index in [1.807, 2.05) is 12.1 Å². The van der Waals surface area contributed by atoms with Crippen molar-refractivity contribution >= 4 is 23.4 Å². The van der Waals surface area contributed by atoms with Gasteiger partial charge in [-0.15, -0.1) is 10.2 Å². The van der Waals surface area contributed by atoms with Gasteiger partial charge < -0.3 is 21.3 Å². The summed E-state index contributed by atoms with van der Waals surface area (Å²) in [5.74, 6) is 0.859. The molecule has 148 valence electrons. The quantitative estimate of drug-likeness (QED) is 0.728. The second-order valence-electron chi connectivity index (χ2n) is 7.49. The summed E-state index contributed by atoms with van der Waals surface area (Å²) in [4.78, 5) is 18.4. The van der Waals surface area contributed by atoms with Crippen LogP contribution in [0.1, 0.15) is 54.1 Å². The van der Waals surface area contributed by atoms with Gasteiger partial charge in [0.15, 0.2) is 11.5 Å². The molecule has 0 radical (unpaired) electrons. The fourth-order valence-corrected chi connectivity index (χ4v) is 3.93. The molecule has 1 amide bonds. The molecule has 0 bridgehead atoms. The van der Waals surface area contributed by atoms with Gasteiger partial charge in [0.2, 0.25) is 5.95 Å². The molecule has 4 N–H and O–H groups in total. The van der Waals surface area contributed by atoms with Crippen molar-refractivity contribution in [2.45, 2.75) is 38.0 Å². The van der Waals surface area contributed by atoms with Crippen molar-refractivity contribution in [2.75, 3.05) is 36.4 Å². The lowest BCUT2D eigenvalue weighted by Crippen LogP contribution is -2.32. The molecule has 2 fully saturated rings. The van der Waals surface area contributed by atoms with Gasteiger partial charge >= 0.3 is 0 Å². The second-order valence-corrected chi connectivity index (χ2v) is 7.49. The number of piperidine rings is 2. The molecule has 28 heavy (non-hydrogen) atoms. The first kappa shape index (κ1) is 18.6. The largest absolute Gasteiger partial charge is 0.364 e. The lowest BCUT2D eigenvalue weighted by molar-refractivity contribution is 0.0995. The highest BCUT2D eigenvalue weighted by atomic mass is 16.1. The molecule has 2 aromatic rings. The van der Waals surface area contributed by atoms with Gasteiger partial charge in [-0.2, -0.15) is 4.98 Å². The highest BCUT2D eigenvalue weighted by Crippen LogP contribution is 2.27. The Morgan fingerprint density at radius 1 is 1.07 bits per heavy atom. The Balaban J connectivity index is 1.54. The van der Waals surface area contributed by atoms with Gasteiger partial charge in [0, 0.05) is 18.8 Å². The summed E-state index contributed by atoms with van der Waals surface area (Å²) in [6.45, 7) is 3.95. The van der Waals surface area contributed by atoms with E-state index in [0.717, 1.165) is 57.5 Å². The topological polar surface area (TPSA) is 109 Å². The van der Waals surface area contributed by atoms with E-state index in [1.165, 1.54) is 12.0 Å².